The van der Waals surface area contributed by atoms with Crippen molar-refractivity contribution in [2.75, 3.05) is 33.8 Å². The lowest BCUT2D eigenvalue weighted by atomic mass is 10.2. The van der Waals surface area contributed by atoms with Crippen LogP contribution in [-0.2, 0) is 16.1 Å². The Labute approximate surface area is 131 Å². The second-order valence-electron chi connectivity index (χ2n) is 5.00. The van der Waals surface area contributed by atoms with Crippen molar-refractivity contribution in [3.05, 3.63) is 42.5 Å². The van der Waals surface area contributed by atoms with Gasteiger partial charge in [0.1, 0.15) is 18.9 Å². The molecule has 22 heavy (non-hydrogen) atoms. The number of hydrogen-bond acceptors (Lipinski definition) is 3. The first-order valence-corrected chi connectivity index (χ1v) is 7.16. The zero-order valence-corrected chi connectivity index (χ0v) is 13.1. The number of likely N-dealkylation sites (N-methyl/N-ethyl adjacent to an activating group) is 2. The smallest absolute Gasteiger partial charge is 0.275 e. The molecule has 0 aliphatic heterocycles. The van der Waals surface area contributed by atoms with Crippen molar-refractivity contribution in [2.24, 2.45) is 0 Å². The Bertz CT molecular complexity index is 500. The zero-order valence-electron chi connectivity index (χ0n) is 13.1. The molecule has 0 aliphatic rings. The van der Waals surface area contributed by atoms with Crippen LogP contribution in [0.2, 0.25) is 0 Å². The predicted molar refractivity (Wildman–Crippen MR) is 84.7 cm³/mol. The van der Waals surface area contributed by atoms with E-state index < -0.39 is 0 Å². The first-order chi connectivity index (χ1) is 10.5. The maximum Gasteiger partial charge on any atom is 0.275 e. The van der Waals surface area contributed by atoms with Gasteiger partial charge in [0, 0.05) is 12.6 Å². The molecule has 0 aliphatic carbocycles. The Morgan fingerprint density at radius 2 is 1.95 bits per heavy atom. The lowest BCUT2D eigenvalue weighted by Gasteiger charge is -2.14. The topological polar surface area (TPSA) is 71.9 Å². The van der Waals surface area contributed by atoms with E-state index in [-0.39, 0.29) is 18.4 Å². The summed E-state index contributed by atoms with van der Waals surface area (Å²) in [6.07, 6.45) is 1.70. The van der Waals surface area contributed by atoms with E-state index in [1.165, 1.54) is 7.05 Å². The second kappa shape index (κ2) is 9.57. The molecule has 1 unspecified atom stereocenters. The number of amides is 2. The molecule has 3 N–H and O–H groups in total. The molecule has 0 spiro atoms. The fraction of sp³-hybridized carbons (Fsp3) is 0.375. The van der Waals surface area contributed by atoms with Gasteiger partial charge in [-0.2, -0.15) is 0 Å². The Kier molecular flexibility index (Phi) is 7.70. The Hall–Kier alpha value is -2.34. The molecule has 6 nitrogen and oxygen atoms in total. The third-order valence-corrected chi connectivity index (χ3v) is 2.98. The Morgan fingerprint density at radius 3 is 2.55 bits per heavy atom. The number of rotatable bonds is 9. The number of carbonyl (C=O) groups excluding carboxylic acids is 2. The first kappa shape index (κ1) is 17.7. The zero-order chi connectivity index (χ0) is 16.4. The molecule has 0 saturated heterocycles. The van der Waals surface area contributed by atoms with E-state index in [0.717, 1.165) is 22.8 Å². The highest BCUT2D eigenvalue weighted by atomic mass is 16.5. The molecule has 1 atom stereocenters. The fourth-order valence-electron chi connectivity index (χ4n) is 1.87. The summed E-state index contributed by atoms with van der Waals surface area (Å²) in [6.45, 7) is 5.12. The van der Waals surface area contributed by atoms with Gasteiger partial charge in [-0.05, 0) is 24.3 Å². The predicted octanol–water partition coefficient (Wildman–Crippen LogP) is -0.872. The summed E-state index contributed by atoms with van der Waals surface area (Å²) < 4.78 is 5.42. The lowest BCUT2D eigenvalue weighted by molar-refractivity contribution is -0.885. The maximum atomic E-state index is 11.7. The van der Waals surface area contributed by atoms with Crippen LogP contribution in [0.15, 0.2) is 36.9 Å². The molecule has 0 fully saturated rings. The average Bonchev–Trinajstić information content (AvgIpc) is 2.51. The van der Waals surface area contributed by atoms with Crippen molar-refractivity contribution in [3.8, 4) is 5.75 Å². The molecule has 1 rings (SSSR count). The molecular weight excluding hydrogens is 282 g/mol. The van der Waals surface area contributed by atoms with E-state index in [1.807, 2.05) is 31.3 Å². The molecule has 6 heteroatoms. The van der Waals surface area contributed by atoms with Crippen LogP contribution < -0.4 is 20.3 Å². The van der Waals surface area contributed by atoms with Crippen molar-refractivity contribution >= 4 is 11.8 Å². The summed E-state index contributed by atoms with van der Waals surface area (Å²) in [6, 6.07) is 7.75. The lowest BCUT2D eigenvalue weighted by Crippen LogP contribution is -3.08. The fourth-order valence-corrected chi connectivity index (χ4v) is 1.87. The number of hydrogen-bond donors (Lipinski definition) is 3. The summed E-state index contributed by atoms with van der Waals surface area (Å²) in [4.78, 5) is 23.8. The number of ether oxygens (including phenoxy) is 1. The minimum absolute atomic E-state index is 0.0119. The van der Waals surface area contributed by atoms with Crippen LogP contribution in [0.4, 0.5) is 0 Å². The summed E-state index contributed by atoms with van der Waals surface area (Å²) in [5, 5.41) is 5.04. The number of quaternary nitrogens is 1. The molecule has 1 aromatic carbocycles. The highest BCUT2D eigenvalue weighted by Gasteiger charge is 2.11. The standard InChI is InChI=1S/C16H23N3O3/c1-4-9-22-14-7-5-13(6-8-14)11-19(3)12-16(21)18-10-15(20)17-2/h4-8H,1,9-12H2,2-3H3,(H,17,20)(H,18,21)/p+1. The summed E-state index contributed by atoms with van der Waals surface area (Å²) >= 11 is 0. The van der Waals surface area contributed by atoms with Gasteiger partial charge in [-0.3, -0.25) is 9.59 Å². The third kappa shape index (κ3) is 6.90. The molecular formula is C16H24N3O3+. The largest absolute Gasteiger partial charge is 0.490 e. The van der Waals surface area contributed by atoms with E-state index in [9.17, 15) is 9.59 Å². The molecule has 2 amide bonds. The average molecular weight is 306 g/mol. The van der Waals surface area contributed by atoms with Crippen LogP contribution in [-0.4, -0.2) is 45.6 Å². The summed E-state index contributed by atoms with van der Waals surface area (Å²) in [5.41, 5.74) is 1.11. The van der Waals surface area contributed by atoms with Crippen molar-refractivity contribution < 1.29 is 19.2 Å². The molecule has 0 saturated carbocycles. The third-order valence-electron chi connectivity index (χ3n) is 2.98. The van der Waals surface area contributed by atoms with Gasteiger partial charge >= 0.3 is 0 Å². The molecule has 0 heterocycles. The van der Waals surface area contributed by atoms with Gasteiger partial charge in [0.05, 0.1) is 13.6 Å². The van der Waals surface area contributed by atoms with Gasteiger partial charge in [0.25, 0.3) is 5.91 Å². The van der Waals surface area contributed by atoms with E-state index in [2.05, 4.69) is 17.2 Å². The molecule has 1 aromatic rings. The molecule has 0 aromatic heterocycles. The van der Waals surface area contributed by atoms with Crippen LogP contribution in [0.5, 0.6) is 5.75 Å². The SMILES string of the molecule is C=CCOc1ccc(C[NH+](C)CC(=O)NCC(=O)NC)cc1. The number of benzene rings is 1. The monoisotopic (exact) mass is 306 g/mol. The number of carbonyl (C=O) groups is 2. The van der Waals surface area contributed by atoms with Crippen molar-refractivity contribution in [2.45, 2.75) is 6.54 Å². The van der Waals surface area contributed by atoms with Crippen molar-refractivity contribution in [1.29, 1.82) is 0 Å². The van der Waals surface area contributed by atoms with E-state index in [1.54, 1.807) is 6.08 Å². The Morgan fingerprint density at radius 1 is 1.27 bits per heavy atom. The maximum absolute atomic E-state index is 11.7. The van der Waals surface area contributed by atoms with Crippen LogP contribution in [0, 0.1) is 0 Å². The van der Waals surface area contributed by atoms with Crippen molar-refractivity contribution in [1.82, 2.24) is 10.6 Å². The van der Waals surface area contributed by atoms with E-state index in [4.69, 9.17) is 4.74 Å². The van der Waals surface area contributed by atoms with E-state index in [0.29, 0.717) is 13.2 Å². The van der Waals surface area contributed by atoms with Gasteiger partial charge in [0.15, 0.2) is 6.54 Å². The van der Waals surface area contributed by atoms with Crippen molar-refractivity contribution in [3.63, 3.8) is 0 Å². The minimum atomic E-state index is -0.207. The van der Waals surface area contributed by atoms with Gasteiger partial charge in [-0.15, -0.1) is 0 Å². The van der Waals surface area contributed by atoms with E-state index >= 15 is 0 Å². The van der Waals surface area contributed by atoms with Gasteiger partial charge in [0.2, 0.25) is 5.91 Å². The van der Waals surface area contributed by atoms with Gasteiger partial charge in [-0.1, -0.05) is 12.7 Å². The quantitative estimate of drug-likeness (QED) is 0.519. The Balaban J connectivity index is 2.37. The number of nitrogens with one attached hydrogen (secondary N) is 3. The van der Waals surface area contributed by atoms with Gasteiger partial charge in [-0.25, -0.2) is 0 Å². The first-order valence-electron chi connectivity index (χ1n) is 7.16. The van der Waals surface area contributed by atoms with Crippen LogP contribution in [0.1, 0.15) is 5.56 Å². The van der Waals surface area contributed by atoms with Crippen LogP contribution in [0.25, 0.3) is 0 Å². The normalized spacial score (nSPS) is 11.4. The van der Waals surface area contributed by atoms with Crippen LogP contribution in [0.3, 0.4) is 0 Å². The molecule has 0 bridgehead atoms. The molecule has 120 valence electrons. The van der Waals surface area contributed by atoms with Crippen LogP contribution >= 0.6 is 0 Å². The minimum Gasteiger partial charge on any atom is -0.490 e. The summed E-state index contributed by atoms with van der Waals surface area (Å²) in [7, 11) is 3.47. The second-order valence-corrected chi connectivity index (χ2v) is 5.00. The highest BCUT2D eigenvalue weighted by Crippen LogP contribution is 2.11. The molecule has 0 radical (unpaired) electrons. The summed E-state index contributed by atoms with van der Waals surface area (Å²) in [5.74, 6) is 0.442. The highest BCUT2D eigenvalue weighted by molar-refractivity contribution is 5.84. The van der Waals surface area contributed by atoms with Gasteiger partial charge < -0.3 is 20.3 Å².